The Hall–Kier alpha value is -11.9. The van der Waals surface area contributed by atoms with Crippen LogP contribution in [0.5, 0.6) is 0 Å². The fourth-order valence-electron chi connectivity index (χ4n) is 16.4. The van der Waals surface area contributed by atoms with Gasteiger partial charge in [0.15, 0.2) is 16.1 Å². The molecule has 0 amide bonds. The van der Waals surface area contributed by atoms with E-state index in [1.54, 1.807) is 0 Å². The first-order valence-corrected chi connectivity index (χ1v) is 38.5. The number of nitrogens with zero attached hydrogens (tertiary/aromatic N) is 2. The van der Waals surface area contributed by atoms with E-state index in [0.29, 0.717) is 0 Å². The third kappa shape index (κ3) is 10.5. The van der Waals surface area contributed by atoms with Crippen LogP contribution in [0.15, 0.2) is 400 Å². The van der Waals surface area contributed by atoms with Crippen LogP contribution in [0.4, 0.5) is 34.1 Å². The Kier molecular flexibility index (Phi) is 15.7. The van der Waals surface area contributed by atoms with E-state index in [9.17, 15) is 0 Å². The van der Waals surface area contributed by atoms with Crippen molar-refractivity contribution in [2.45, 2.75) is 19.3 Å². The highest BCUT2D eigenvalue weighted by Gasteiger charge is 2.44. The molecule has 0 bridgehead atoms. The standard InChI is InChI=1S/C95H72N2Si2/c1-95(2)91-68-92(97(76-54-49-72(50-55-76)70-31-13-4-14-32-70)77-58-63-86(64-59-77)99(82-39-21-8-22-40-82,83-41-23-9-24-42-83)84-43-25-10-26-44-84)88-45-27-28-46-89(88)93(91)90-65-51-73-67-78(60-66-87(73)94(90)95)96(74-52-47-71(48-53-74)69-29-11-3-12-30-69)75-56-61-85(62-57-75)98(79-33-15-5-16-34-79,80-35-17-6-18-36-80)81-37-19-7-20-38-81/h3-68H,1-2H3. The number of anilines is 6. The van der Waals surface area contributed by atoms with Gasteiger partial charge >= 0.3 is 0 Å². The molecule has 0 saturated carbocycles. The molecule has 0 radical (unpaired) electrons. The monoisotopic (exact) mass is 1300 g/mol. The Morgan fingerprint density at radius 3 is 0.919 bits per heavy atom. The van der Waals surface area contributed by atoms with Crippen molar-refractivity contribution in [1.29, 1.82) is 0 Å². The van der Waals surface area contributed by atoms with Gasteiger partial charge < -0.3 is 9.80 Å². The second-order valence-electron chi connectivity index (χ2n) is 26.7. The molecule has 4 heteroatoms. The summed E-state index contributed by atoms with van der Waals surface area (Å²) in [5.74, 6) is 0. The molecule has 0 aliphatic heterocycles. The highest BCUT2D eigenvalue weighted by molar-refractivity contribution is 7.20. The minimum absolute atomic E-state index is 0.390. The topological polar surface area (TPSA) is 6.48 Å². The van der Waals surface area contributed by atoms with Crippen molar-refractivity contribution >= 4 is 113 Å². The molecule has 0 saturated heterocycles. The quantitative estimate of drug-likeness (QED) is 0.0703. The Labute approximate surface area is 583 Å². The van der Waals surface area contributed by atoms with Gasteiger partial charge in [-0.3, -0.25) is 0 Å². The van der Waals surface area contributed by atoms with E-state index in [1.807, 2.05) is 0 Å². The normalized spacial score (nSPS) is 12.4. The van der Waals surface area contributed by atoms with Gasteiger partial charge in [-0.05, 0) is 169 Å². The average Bonchev–Trinajstić information content (AvgIpc) is 1.59. The fourth-order valence-corrected chi connectivity index (χ4v) is 25.9. The maximum atomic E-state index is 2.53. The summed E-state index contributed by atoms with van der Waals surface area (Å²) in [6.45, 7) is 4.90. The first-order chi connectivity index (χ1) is 48.9. The number of fused-ring (bicyclic) bond motifs is 7. The zero-order valence-electron chi connectivity index (χ0n) is 55.5. The van der Waals surface area contributed by atoms with E-state index < -0.39 is 21.6 Å². The van der Waals surface area contributed by atoms with Crippen molar-refractivity contribution in [3.05, 3.63) is 412 Å². The van der Waals surface area contributed by atoms with E-state index in [-0.39, 0.29) is 0 Å². The molecule has 0 atom stereocenters. The number of benzene rings is 16. The van der Waals surface area contributed by atoms with Crippen LogP contribution in [-0.4, -0.2) is 16.1 Å². The van der Waals surface area contributed by atoms with Crippen LogP contribution in [0, 0.1) is 0 Å². The summed E-state index contributed by atoms with van der Waals surface area (Å²) in [6, 6.07) is 150. The molecule has 17 rings (SSSR count). The second kappa shape index (κ2) is 25.6. The third-order valence-corrected chi connectivity index (χ3v) is 30.5. The highest BCUT2D eigenvalue weighted by atomic mass is 28.3. The van der Waals surface area contributed by atoms with Crippen LogP contribution < -0.4 is 51.3 Å². The molecular weight excluding hydrogens is 1230 g/mol. The Morgan fingerprint density at radius 2 is 0.535 bits per heavy atom. The van der Waals surface area contributed by atoms with Gasteiger partial charge in [0, 0.05) is 39.2 Å². The molecule has 470 valence electrons. The van der Waals surface area contributed by atoms with Gasteiger partial charge in [0.2, 0.25) is 0 Å². The lowest BCUT2D eigenvalue weighted by Gasteiger charge is -2.35. The molecule has 0 unspecified atom stereocenters. The molecule has 0 aromatic heterocycles. The lowest BCUT2D eigenvalue weighted by molar-refractivity contribution is 0.667. The molecule has 0 N–H and O–H groups in total. The predicted molar refractivity (Wildman–Crippen MR) is 426 cm³/mol. The summed E-state index contributed by atoms with van der Waals surface area (Å²) in [5.41, 5.74) is 16.2. The van der Waals surface area contributed by atoms with E-state index in [4.69, 9.17) is 0 Å². The Balaban J connectivity index is 0.804. The van der Waals surface area contributed by atoms with Crippen LogP contribution in [-0.2, 0) is 5.41 Å². The predicted octanol–water partition coefficient (Wildman–Crippen LogP) is 19.3. The van der Waals surface area contributed by atoms with Crippen molar-refractivity contribution in [3.63, 3.8) is 0 Å². The van der Waals surface area contributed by atoms with Crippen molar-refractivity contribution in [2.24, 2.45) is 0 Å². The summed E-state index contributed by atoms with van der Waals surface area (Å²) < 4.78 is 0. The molecular formula is C95H72N2Si2. The second-order valence-corrected chi connectivity index (χ2v) is 34.3. The van der Waals surface area contributed by atoms with Gasteiger partial charge in [-0.2, -0.15) is 0 Å². The van der Waals surface area contributed by atoms with Crippen LogP contribution >= 0.6 is 0 Å². The minimum atomic E-state index is -2.82. The third-order valence-electron chi connectivity index (χ3n) is 20.9. The summed E-state index contributed by atoms with van der Waals surface area (Å²) in [5, 5.41) is 15.7. The van der Waals surface area contributed by atoms with E-state index in [1.165, 1.54) is 108 Å². The zero-order valence-corrected chi connectivity index (χ0v) is 57.5. The number of hydrogen-bond acceptors (Lipinski definition) is 2. The van der Waals surface area contributed by atoms with Gasteiger partial charge in [-0.1, -0.05) is 347 Å². The molecule has 0 fully saturated rings. The fraction of sp³-hybridized carbons (Fsp3) is 0.0316. The van der Waals surface area contributed by atoms with Gasteiger partial charge in [-0.25, -0.2) is 0 Å². The molecule has 99 heavy (non-hydrogen) atoms. The van der Waals surface area contributed by atoms with Crippen molar-refractivity contribution in [2.75, 3.05) is 9.80 Å². The molecule has 0 heterocycles. The van der Waals surface area contributed by atoms with Crippen LogP contribution in [0.1, 0.15) is 25.0 Å². The molecule has 2 nitrogen and oxygen atoms in total. The summed E-state index contributed by atoms with van der Waals surface area (Å²) >= 11 is 0. The van der Waals surface area contributed by atoms with E-state index >= 15 is 0 Å². The van der Waals surface area contributed by atoms with Gasteiger partial charge in [0.05, 0.1) is 5.69 Å². The summed E-state index contributed by atoms with van der Waals surface area (Å²) in [6.07, 6.45) is 0. The first-order valence-electron chi connectivity index (χ1n) is 34.5. The van der Waals surface area contributed by atoms with Gasteiger partial charge in [-0.15, -0.1) is 0 Å². The SMILES string of the molecule is CC1(C)c2cc(N(c3ccc(-c4ccccc4)cc3)c3ccc([Si](c4ccccc4)(c4ccccc4)c4ccccc4)cc3)c3ccccc3c2-c2ccc3cc(N(c4ccc(-c5ccccc5)cc4)c4ccc([Si](c5ccccc5)(c5ccccc5)c5ccccc5)cc4)ccc3c21. The van der Waals surface area contributed by atoms with Crippen molar-refractivity contribution < 1.29 is 0 Å². The number of hydrogen-bond donors (Lipinski definition) is 0. The van der Waals surface area contributed by atoms with Crippen LogP contribution in [0.3, 0.4) is 0 Å². The molecule has 16 aromatic rings. The summed E-state index contributed by atoms with van der Waals surface area (Å²) in [7, 11) is -5.60. The Bertz CT molecular complexity index is 5310. The highest BCUT2D eigenvalue weighted by Crippen LogP contribution is 2.57. The largest absolute Gasteiger partial charge is 0.310 e. The number of rotatable bonds is 16. The van der Waals surface area contributed by atoms with Gasteiger partial charge in [0.1, 0.15) is 0 Å². The maximum absolute atomic E-state index is 2.82. The van der Waals surface area contributed by atoms with Crippen LogP contribution in [0.25, 0.3) is 54.9 Å². The average molecular weight is 1300 g/mol. The molecule has 1 aliphatic rings. The Morgan fingerprint density at radius 1 is 0.232 bits per heavy atom. The van der Waals surface area contributed by atoms with Crippen molar-refractivity contribution in [3.8, 4) is 33.4 Å². The first kappa shape index (κ1) is 60.7. The molecule has 1 aliphatic carbocycles. The van der Waals surface area contributed by atoms with Crippen molar-refractivity contribution in [1.82, 2.24) is 0 Å². The van der Waals surface area contributed by atoms with Gasteiger partial charge in [0.25, 0.3) is 0 Å². The lowest BCUT2D eigenvalue weighted by Crippen LogP contribution is -2.74. The molecule has 16 aromatic carbocycles. The smallest absolute Gasteiger partial charge is 0.179 e. The zero-order chi connectivity index (χ0) is 66.3. The summed E-state index contributed by atoms with van der Waals surface area (Å²) in [4.78, 5) is 4.96. The van der Waals surface area contributed by atoms with E-state index in [2.05, 4.69) is 424 Å². The van der Waals surface area contributed by atoms with E-state index in [0.717, 1.165) is 34.1 Å². The minimum Gasteiger partial charge on any atom is -0.310 e. The maximum Gasteiger partial charge on any atom is 0.179 e. The lowest BCUT2D eigenvalue weighted by atomic mass is 9.79. The van der Waals surface area contributed by atoms with Crippen LogP contribution in [0.2, 0.25) is 0 Å². The molecule has 0 spiro atoms.